The molecule has 0 radical (unpaired) electrons. The number of thioether (sulfide) groups is 1. The van der Waals surface area contributed by atoms with E-state index in [1.165, 1.54) is 23.1 Å². The Balaban J connectivity index is 2.55. The highest BCUT2D eigenvalue weighted by Crippen LogP contribution is 2.67. The minimum atomic E-state index is -2.87. The van der Waals surface area contributed by atoms with Crippen molar-refractivity contribution in [2.45, 2.75) is 79.5 Å². The molecule has 1 fully saturated rings. The Morgan fingerprint density at radius 1 is 1.13 bits per heavy atom. The van der Waals surface area contributed by atoms with Gasteiger partial charge in [-0.1, -0.05) is 57.8 Å². The van der Waals surface area contributed by atoms with Crippen LogP contribution in [0.25, 0.3) is 0 Å². The Morgan fingerprint density at radius 3 is 2.23 bits per heavy atom. The maximum Gasteiger partial charge on any atom is 0.261 e. The number of hydrogen-bond acceptors (Lipinski definition) is 7. The first-order chi connectivity index (χ1) is 13.8. The number of ether oxygens (including phenoxy) is 1. The van der Waals surface area contributed by atoms with E-state index in [1.54, 1.807) is 0 Å². The quantitative estimate of drug-likeness (QED) is 0.244. The van der Waals surface area contributed by atoms with Crippen molar-refractivity contribution in [2.24, 2.45) is 11.3 Å². The van der Waals surface area contributed by atoms with E-state index in [2.05, 4.69) is 25.7 Å². The van der Waals surface area contributed by atoms with Crippen molar-refractivity contribution in [1.82, 2.24) is 4.90 Å². The van der Waals surface area contributed by atoms with Gasteiger partial charge in [0, 0.05) is 35.7 Å². The first-order valence-electron chi connectivity index (χ1n) is 11.2. The molecule has 30 heavy (non-hydrogen) atoms. The average molecular weight is 482 g/mol. The van der Waals surface area contributed by atoms with Gasteiger partial charge in [0.2, 0.25) is 0 Å². The molecule has 0 aromatic rings. The molecule has 0 N–H and O–H groups in total. The number of hydrogen-bond donors (Lipinski definition) is 0. The molecule has 1 heterocycles. The summed E-state index contributed by atoms with van der Waals surface area (Å²) in [4.78, 5) is 15.2. The van der Waals surface area contributed by atoms with E-state index in [-0.39, 0.29) is 16.2 Å². The lowest BCUT2D eigenvalue weighted by molar-refractivity contribution is -0.118. The number of morpholine rings is 1. The van der Waals surface area contributed by atoms with E-state index < -0.39 is 12.2 Å². The van der Waals surface area contributed by atoms with E-state index >= 15 is 0 Å². The second-order valence-corrected chi connectivity index (χ2v) is 16.0. The summed E-state index contributed by atoms with van der Waals surface area (Å²) in [5.74, 6) is 1.62. The van der Waals surface area contributed by atoms with E-state index in [4.69, 9.17) is 9.26 Å². The largest absolute Gasteiger partial charge is 0.379 e. The van der Waals surface area contributed by atoms with Gasteiger partial charge in [0.1, 0.15) is 0 Å². The molecule has 5 nitrogen and oxygen atoms in total. The van der Waals surface area contributed by atoms with Gasteiger partial charge in [0.15, 0.2) is 5.12 Å². The number of carbonyl (C=O) groups is 1. The summed E-state index contributed by atoms with van der Waals surface area (Å²) in [6.07, 6.45) is 1.68. The van der Waals surface area contributed by atoms with Crippen molar-refractivity contribution in [3.05, 3.63) is 0 Å². The lowest BCUT2D eigenvalue weighted by Crippen LogP contribution is -2.39. The van der Waals surface area contributed by atoms with Crippen LogP contribution in [0.4, 0.5) is 0 Å². The van der Waals surface area contributed by atoms with Crippen LogP contribution in [0.1, 0.15) is 68.2 Å². The molecular formula is C22H44NO4PS2. The zero-order valence-electron chi connectivity index (χ0n) is 20.4. The van der Waals surface area contributed by atoms with Gasteiger partial charge in [-0.25, -0.2) is 0 Å². The van der Waals surface area contributed by atoms with Gasteiger partial charge in [-0.2, -0.15) is 0 Å². The molecule has 178 valence electrons. The first-order valence-corrected chi connectivity index (χ1v) is 15.5. The predicted octanol–water partition coefficient (Wildman–Crippen LogP) is 6.17. The summed E-state index contributed by atoms with van der Waals surface area (Å²) in [6, 6.07) is 0. The molecule has 2 unspecified atom stereocenters. The summed E-state index contributed by atoms with van der Waals surface area (Å²) >= 11 is 2.82. The van der Waals surface area contributed by atoms with Crippen molar-refractivity contribution >= 4 is 34.8 Å². The molecule has 0 aromatic heterocycles. The lowest BCUT2D eigenvalue weighted by Gasteiger charge is -2.34. The van der Waals surface area contributed by atoms with Gasteiger partial charge < -0.3 is 9.26 Å². The number of nitrogens with zero attached hydrogens (tertiary/aromatic N) is 1. The van der Waals surface area contributed by atoms with Crippen LogP contribution in [0.15, 0.2) is 0 Å². The van der Waals surface area contributed by atoms with Crippen LogP contribution in [0.5, 0.6) is 0 Å². The lowest BCUT2D eigenvalue weighted by atomic mass is 9.91. The third kappa shape index (κ3) is 9.95. The smallest absolute Gasteiger partial charge is 0.261 e. The molecule has 0 bridgehead atoms. The third-order valence-electron chi connectivity index (χ3n) is 5.29. The SMILES string of the molecule is CCC(C(C)C)P(=O)(OC(C)(C)C)SCCSC(=O)C(C)(C)CCN1CCOCC1. The summed E-state index contributed by atoms with van der Waals surface area (Å²) in [6.45, 7) is 17.8. The first kappa shape index (κ1) is 28.5. The predicted molar refractivity (Wildman–Crippen MR) is 133 cm³/mol. The number of carbonyl (C=O) groups excluding carboxylic acids is 1. The van der Waals surface area contributed by atoms with E-state index in [0.29, 0.717) is 17.4 Å². The van der Waals surface area contributed by atoms with Crippen molar-refractivity contribution < 1.29 is 18.6 Å². The van der Waals surface area contributed by atoms with E-state index in [0.717, 1.165) is 45.7 Å². The molecular weight excluding hydrogens is 437 g/mol. The van der Waals surface area contributed by atoms with Crippen LogP contribution in [-0.2, 0) is 18.6 Å². The molecule has 1 rings (SSSR count). The topological polar surface area (TPSA) is 55.8 Å². The average Bonchev–Trinajstić information content (AvgIpc) is 2.63. The van der Waals surface area contributed by atoms with Crippen LogP contribution in [-0.4, -0.2) is 65.6 Å². The minimum absolute atomic E-state index is 0.0346. The second-order valence-electron chi connectivity index (χ2n) is 10.0. The highest BCUT2D eigenvalue weighted by molar-refractivity contribution is 8.56. The highest BCUT2D eigenvalue weighted by Gasteiger charge is 2.39. The Labute approximate surface area is 193 Å². The van der Waals surface area contributed by atoms with Crippen LogP contribution < -0.4 is 0 Å². The molecule has 1 aliphatic rings. The van der Waals surface area contributed by atoms with Crippen LogP contribution in [0.3, 0.4) is 0 Å². The molecule has 0 saturated carbocycles. The van der Waals surface area contributed by atoms with Gasteiger partial charge >= 0.3 is 0 Å². The Kier molecular flexibility index (Phi) is 12.0. The van der Waals surface area contributed by atoms with Gasteiger partial charge in [-0.05, 0) is 46.1 Å². The maximum atomic E-state index is 13.8. The monoisotopic (exact) mass is 481 g/mol. The molecule has 0 spiro atoms. The second kappa shape index (κ2) is 12.6. The zero-order valence-corrected chi connectivity index (χ0v) is 22.9. The van der Waals surface area contributed by atoms with Crippen molar-refractivity contribution in [3.63, 3.8) is 0 Å². The Morgan fingerprint density at radius 2 is 1.73 bits per heavy atom. The van der Waals surface area contributed by atoms with E-state index in [9.17, 15) is 9.36 Å². The molecule has 8 heteroatoms. The summed E-state index contributed by atoms with van der Waals surface area (Å²) in [5, 5.41) is 0.221. The molecule has 0 aliphatic carbocycles. The van der Waals surface area contributed by atoms with Gasteiger partial charge in [0.25, 0.3) is 6.57 Å². The molecule has 1 saturated heterocycles. The summed E-state index contributed by atoms with van der Waals surface area (Å²) in [7, 11) is 0. The van der Waals surface area contributed by atoms with E-state index in [1.807, 2.05) is 34.6 Å². The minimum Gasteiger partial charge on any atom is -0.379 e. The Hall–Kier alpha value is 0.480. The van der Waals surface area contributed by atoms with Crippen molar-refractivity contribution in [2.75, 3.05) is 44.4 Å². The maximum absolute atomic E-state index is 13.8. The molecule has 0 aromatic carbocycles. The van der Waals surface area contributed by atoms with Gasteiger partial charge in [-0.15, -0.1) is 0 Å². The van der Waals surface area contributed by atoms with Crippen LogP contribution in [0.2, 0.25) is 0 Å². The standard InChI is InChI=1S/C22H44NO4PS2/c1-9-19(18(2)3)28(25,27-21(4,5)6)30-17-16-29-20(24)22(7,8)10-11-23-12-14-26-15-13-23/h18-19H,9-17H2,1-8H3. The van der Waals surface area contributed by atoms with Crippen molar-refractivity contribution in [3.8, 4) is 0 Å². The fourth-order valence-electron chi connectivity index (χ4n) is 3.49. The third-order valence-corrected chi connectivity index (χ3v) is 12.8. The van der Waals surface area contributed by atoms with Gasteiger partial charge in [0.05, 0.1) is 18.8 Å². The molecule has 0 amide bonds. The van der Waals surface area contributed by atoms with Crippen molar-refractivity contribution in [1.29, 1.82) is 0 Å². The van der Waals surface area contributed by atoms with Crippen LogP contribution in [0, 0.1) is 11.3 Å². The highest BCUT2D eigenvalue weighted by atomic mass is 32.7. The fraction of sp³-hybridized carbons (Fsp3) is 0.955. The normalized spacial score (nSPS) is 19.6. The summed E-state index contributed by atoms with van der Waals surface area (Å²) in [5.41, 5.74) is -0.773. The molecule has 1 aliphatic heterocycles. The Bertz CT molecular complexity index is 572. The summed E-state index contributed by atoms with van der Waals surface area (Å²) < 4.78 is 25.3. The number of rotatable bonds is 12. The fourth-order valence-corrected chi connectivity index (χ4v) is 11.4. The molecule has 2 atom stereocenters. The zero-order chi connectivity index (χ0) is 23.0. The van der Waals surface area contributed by atoms with Gasteiger partial charge in [-0.3, -0.25) is 14.3 Å². The van der Waals surface area contributed by atoms with Crippen LogP contribution >= 0.6 is 29.7 Å².